The summed E-state index contributed by atoms with van der Waals surface area (Å²) in [5.74, 6) is -0.665. The number of rotatable bonds is 8. The Morgan fingerprint density at radius 2 is 1.60 bits per heavy atom. The fourth-order valence-corrected chi connectivity index (χ4v) is 3.94. The van der Waals surface area contributed by atoms with Crippen LogP contribution < -0.4 is 10.6 Å². The zero-order valence-electron chi connectivity index (χ0n) is 18.5. The lowest BCUT2D eigenvalue weighted by Crippen LogP contribution is -2.35. The molecule has 0 heterocycles. The van der Waals surface area contributed by atoms with Gasteiger partial charge in [-0.15, -0.1) is 0 Å². The summed E-state index contributed by atoms with van der Waals surface area (Å²) in [6.45, 7) is -0.691. The lowest BCUT2D eigenvalue weighted by Gasteiger charge is -2.20. The number of carboxylic acids is 1. The fraction of sp³-hybridized carbons (Fsp3) is 0.320. The number of nitrogens with one attached hydrogen (secondary N) is 2. The number of aliphatic carboxylic acids is 1. The second kappa shape index (κ2) is 11.4. The van der Waals surface area contributed by atoms with E-state index in [1.165, 1.54) is 0 Å². The number of alkyl carbamates (subject to hydrolysis) is 1. The first-order chi connectivity index (χ1) is 16.7. The molecule has 0 saturated heterocycles. The first-order valence-corrected chi connectivity index (χ1v) is 10.8. The molecule has 3 rings (SSSR count). The topological polar surface area (TPSA) is 105 Å². The Labute approximate surface area is 199 Å². The number of hydrogen-bond acceptors (Lipinski definition) is 4. The van der Waals surface area contributed by atoms with Gasteiger partial charge in [0.25, 0.3) is 0 Å². The molecule has 0 saturated carbocycles. The third-order valence-electron chi connectivity index (χ3n) is 5.57. The summed E-state index contributed by atoms with van der Waals surface area (Å²) in [6.07, 6.45) is -6.90. The van der Waals surface area contributed by atoms with Crippen molar-refractivity contribution in [3.05, 3.63) is 59.7 Å². The highest BCUT2D eigenvalue weighted by molar-refractivity contribution is 5.86. The van der Waals surface area contributed by atoms with Crippen LogP contribution in [0.1, 0.15) is 29.9 Å². The minimum Gasteiger partial charge on any atom is -0.472 e. The van der Waals surface area contributed by atoms with Crippen LogP contribution in [0, 0.1) is 17.8 Å². The van der Waals surface area contributed by atoms with Gasteiger partial charge in [-0.2, -0.15) is 13.2 Å². The van der Waals surface area contributed by atoms with Crippen LogP contribution in [0.25, 0.3) is 11.1 Å². The number of ether oxygens (including phenoxy) is 1. The number of alkyl halides is 3. The number of halogens is 3. The van der Waals surface area contributed by atoms with E-state index < -0.39 is 42.9 Å². The molecule has 2 aromatic rings. The maximum absolute atomic E-state index is 13.3. The van der Waals surface area contributed by atoms with Crippen LogP contribution in [0.3, 0.4) is 0 Å². The molecular weight excluding hydrogens is 465 g/mol. The molecule has 1 unspecified atom stereocenters. The zero-order chi connectivity index (χ0) is 25.4. The molecule has 1 aliphatic carbocycles. The van der Waals surface area contributed by atoms with E-state index in [0.717, 1.165) is 22.3 Å². The number of hydrogen-bond donors (Lipinski definition) is 3. The Hall–Kier alpha value is -4.00. The molecule has 184 valence electrons. The summed E-state index contributed by atoms with van der Waals surface area (Å²) in [6, 6.07) is 15.5. The molecule has 1 aliphatic rings. The van der Waals surface area contributed by atoms with Crippen LogP contribution in [0.5, 0.6) is 0 Å². The number of carbonyl (C=O) groups excluding carboxylic acids is 2. The SMILES string of the molecule is O=C(O)C#CCNC(=O)CC(CCNC(=O)OCC1c2ccccc2-c2ccccc21)C(F)(F)F. The van der Waals surface area contributed by atoms with E-state index in [0.29, 0.717) is 0 Å². The van der Waals surface area contributed by atoms with Gasteiger partial charge in [-0.25, -0.2) is 9.59 Å². The number of amides is 2. The van der Waals surface area contributed by atoms with Crippen molar-refractivity contribution in [3.8, 4) is 23.0 Å². The average Bonchev–Trinajstić information content (AvgIpc) is 3.13. The van der Waals surface area contributed by atoms with E-state index in [9.17, 15) is 27.6 Å². The lowest BCUT2D eigenvalue weighted by atomic mass is 9.98. The Kier molecular flexibility index (Phi) is 8.36. The summed E-state index contributed by atoms with van der Waals surface area (Å²) in [5.41, 5.74) is 4.13. The summed E-state index contributed by atoms with van der Waals surface area (Å²) < 4.78 is 45.2. The first-order valence-electron chi connectivity index (χ1n) is 10.8. The number of carboxylic acid groups (broad SMARTS) is 1. The van der Waals surface area contributed by atoms with Crippen LogP contribution in [0.2, 0.25) is 0 Å². The van der Waals surface area contributed by atoms with E-state index >= 15 is 0 Å². The maximum atomic E-state index is 13.3. The van der Waals surface area contributed by atoms with Crippen molar-refractivity contribution in [2.24, 2.45) is 5.92 Å². The average molecular weight is 488 g/mol. The molecule has 0 fully saturated rings. The van der Waals surface area contributed by atoms with Gasteiger partial charge in [-0.05, 0) is 28.7 Å². The van der Waals surface area contributed by atoms with Gasteiger partial charge in [0, 0.05) is 24.8 Å². The Balaban J connectivity index is 1.48. The molecule has 35 heavy (non-hydrogen) atoms. The Bertz CT molecular complexity index is 1110. The van der Waals surface area contributed by atoms with Crippen molar-refractivity contribution in [3.63, 3.8) is 0 Å². The molecule has 2 amide bonds. The molecule has 10 heteroatoms. The molecular formula is C25H23F3N2O5. The van der Waals surface area contributed by atoms with Gasteiger partial charge in [0.1, 0.15) is 6.61 Å². The molecule has 7 nitrogen and oxygen atoms in total. The van der Waals surface area contributed by atoms with E-state index in [2.05, 4.69) is 16.6 Å². The zero-order valence-corrected chi connectivity index (χ0v) is 18.5. The second-order valence-electron chi connectivity index (χ2n) is 7.87. The minimum absolute atomic E-state index is 0.0301. The molecule has 3 N–H and O–H groups in total. The number of benzene rings is 2. The van der Waals surface area contributed by atoms with Crippen LogP contribution >= 0.6 is 0 Å². The molecule has 1 atom stereocenters. The maximum Gasteiger partial charge on any atom is 0.407 e. The van der Waals surface area contributed by atoms with Gasteiger partial charge in [-0.1, -0.05) is 54.5 Å². The predicted octanol–water partition coefficient (Wildman–Crippen LogP) is 3.69. The van der Waals surface area contributed by atoms with Crippen LogP contribution in [0.15, 0.2) is 48.5 Å². The normalized spacial score (nSPS) is 13.0. The van der Waals surface area contributed by atoms with E-state index in [1.54, 1.807) is 5.92 Å². The van der Waals surface area contributed by atoms with Crippen molar-refractivity contribution in [2.45, 2.75) is 24.9 Å². The molecule has 2 aromatic carbocycles. The monoisotopic (exact) mass is 488 g/mol. The number of fused-ring (bicyclic) bond motifs is 3. The van der Waals surface area contributed by atoms with E-state index in [1.807, 2.05) is 48.5 Å². The molecule has 0 bridgehead atoms. The Morgan fingerprint density at radius 3 is 2.17 bits per heavy atom. The van der Waals surface area contributed by atoms with Crippen molar-refractivity contribution in [1.29, 1.82) is 0 Å². The van der Waals surface area contributed by atoms with Gasteiger partial charge < -0.3 is 20.5 Å². The van der Waals surface area contributed by atoms with Crippen molar-refractivity contribution in [1.82, 2.24) is 10.6 Å². The quantitative estimate of drug-likeness (QED) is 0.492. The lowest BCUT2D eigenvalue weighted by molar-refractivity contribution is -0.180. The van der Waals surface area contributed by atoms with Crippen molar-refractivity contribution in [2.75, 3.05) is 19.7 Å². The Morgan fingerprint density at radius 1 is 1.00 bits per heavy atom. The third-order valence-corrected chi connectivity index (χ3v) is 5.57. The molecule has 0 radical (unpaired) electrons. The van der Waals surface area contributed by atoms with E-state index in [4.69, 9.17) is 9.84 Å². The third kappa shape index (κ3) is 6.99. The van der Waals surface area contributed by atoms with Crippen molar-refractivity contribution < 1.29 is 37.4 Å². The highest BCUT2D eigenvalue weighted by Crippen LogP contribution is 2.44. The number of carbonyl (C=O) groups is 3. The largest absolute Gasteiger partial charge is 0.472 e. The highest BCUT2D eigenvalue weighted by atomic mass is 19.4. The smallest absolute Gasteiger partial charge is 0.407 e. The molecule has 0 aliphatic heterocycles. The van der Waals surface area contributed by atoms with Crippen LogP contribution in [0.4, 0.5) is 18.0 Å². The summed E-state index contributed by atoms with van der Waals surface area (Å²) in [5, 5.41) is 12.8. The predicted molar refractivity (Wildman–Crippen MR) is 120 cm³/mol. The van der Waals surface area contributed by atoms with Gasteiger partial charge >= 0.3 is 18.2 Å². The highest BCUT2D eigenvalue weighted by Gasteiger charge is 2.40. The summed E-state index contributed by atoms with van der Waals surface area (Å²) >= 11 is 0. The molecule has 0 spiro atoms. The van der Waals surface area contributed by atoms with Gasteiger partial charge in [0.2, 0.25) is 5.91 Å². The van der Waals surface area contributed by atoms with E-state index in [-0.39, 0.29) is 25.6 Å². The van der Waals surface area contributed by atoms with Crippen LogP contribution in [-0.4, -0.2) is 48.9 Å². The first kappa shape index (κ1) is 25.6. The molecule has 0 aromatic heterocycles. The van der Waals surface area contributed by atoms with Gasteiger partial charge in [-0.3, -0.25) is 4.79 Å². The van der Waals surface area contributed by atoms with Crippen molar-refractivity contribution >= 4 is 18.0 Å². The fourth-order valence-electron chi connectivity index (χ4n) is 3.94. The minimum atomic E-state index is -4.66. The second-order valence-corrected chi connectivity index (χ2v) is 7.87. The van der Waals surface area contributed by atoms with Crippen LogP contribution in [-0.2, 0) is 14.3 Å². The van der Waals surface area contributed by atoms with Gasteiger partial charge in [0.15, 0.2) is 0 Å². The summed E-state index contributed by atoms with van der Waals surface area (Å²) in [7, 11) is 0. The standard InChI is InChI=1S/C25H23F3N2O5/c26-25(27,28)16(14-22(31)29-12-5-10-23(32)33)11-13-30-24(34)35-15-21-19-8-3-1-6-17(19)18-7-2-4-9-20(18)21/h1-4,6-9,16,21H,11-15H2,(H,29,31)(H,30,34)(H,32,33). The van der Waals surface area contributed by atoms with Gasteiger partial charge in [0.05, 0.1) is 12.5 Å². The summed E-state index contributed by atoms with van der Waals surface area (Å²) in [4.78, 5) is 34.2.